The summed E-state index contributed by atoms with van der Waals surface area (Å²) in [6.07, 6.45) is 2.88. The maximum atomic E-state index is 7.22. The molecule has 1 fully saturated rings. The van der Waals surface area contributed by atoms with Crippen molar-refractivity contribution in [3.05, 3.63) is 184 Å². The summed E-state index contributed by atoms with van der Waals surface area (Å²) in [4.78, 5) is 4.91. The number of benzene rings is 5. The molecule has 2 heterocycles. The van der Waals surface area contributed by atoms with Crippen molar-refractivity contribution in [2.24, 2.45) is 0 Å². The fraction of sp³-hybridized carbons (Fsp3) is 0.195. The van der Waals surface area contributed by atoms with Crippen LogP contribution in [0.25, 0.3) is 11.1 Å². The van der Waals surface area contributed by atoms with Gasteiger partial charge < -0.3 is 9.30 Å². The number of rotatable bonds is 13. The van der Waals surface area contributed by atoms with Gasteiger partial charge in [0.05, 0.1) is 12.3 Å². The molecule has 0 unspecified atom stereocenters. The van der Waals surface area contributed by atoms with Gasteiger partial charge in [-0.1, -0.05) is 164 Å². The Balaban J connectivity index is 1.24. The Labute approximate surface area is 293 Å². The standard InChI is InChI=1S/C41H41ClN6O/c1-2-3-23-38-43-39(42)37(48(38)28-30-24-26-31(27-25-30)35-21-13-14-22-36(35)40-44-46-47-45-40)29-49-41(32-15-7-4-8-16-32,33-17-9-5-10-18-33)34-19-11-6-12-20-34/h4-22,24-27,40,44-47H,2-3,23,28-29H2,1H3. The lowest BCUT2D eigenvalue weighted by atomic mass is 9.80. The van der Waals surface area contributed by atoms with E-state index in [1.54, 1.807) is 0 Å². The molecule has 1 aromatic heterocycles. The quantitative estimate of drug-likeness (QED) is 0.0930. The Morgan fingerprint density at radius 1 is 0.714 bits per heavy atom. The number of ether oxygens (including phenoxy) is 1. The number of hydrazine groups is 3. The van der Waals surface area contributed by atoms with Crippen LogP contribution >= 0.6 is 11.6 Å². The minimum absolute atomic E-state index is 0.0533. The van der Waals surface area contributed by atoms with Crippen molar-refractivity contribution in [2.75, 3.05) is 0 Å². The first kappa shape index (κ1) is 32.9. The van der Waals surface area contributed by atoms with E-state index in [0.29, 0.717) is 11.7 Å². The van der Waals surface area contributed by atoms with Gasteiger partial charge in [-0.3, -0.25) is 0 Å². The predicted molar refractivity (Wildman–Crippen MR) is 196 cm³/mol. The Morgan fingerprint density at radius 3 is 1.84 bits per heavy atom. The number of nitrogens with one attached hydrogen (secondary N) is 4. The lowest BCUT2D eigenvalue weighted by Gasteiger charge is -2.36. The first-order chi connectivity index (χ1) is 24.2. The van der Waals surface area contributed by atoms with E-state index < -0.39 is 5.60 Å². The van der Waals surface area contributed by atoms with Crippen molar-refractivity contribution < 1.29 is 4.74 Å². The number of hydrogen-bond acceptors (Lipinski definition) is 6. The van der Waals surface area contributed by atoms with Gasteiger partial charge >= 0.3 is 0 Å². The van der Waals surface area contributed by atoms with Crippen molar-refractivity contribution in [2.45, 2.75) is 51.1 Å². The van der Waals surface area contributed by atoms with Crippen LogP contribution in [0.15, 0.2) is 140 Å². The zero-order chi connectivity index (χ0) is 33.5. The maximum absolute atomic E-state index is 7.22. The Kier molecular flexibility index (Phi) is 10.3. The van der Waals surface area contributed by atoms with E-state index in [1.165, 1.54) is 0 Å². The van der Waals surface area contributed by atoms with Gasteiger partial charge in [-0.15, -0.1) is 0 Å². The second-order valence-electron chi connectivity index (χ2n) is 12.3. The molecular formula is C41H41ClN6O. The van der Waals surface area contributed by atoms with Gasteiger partial charge in [0.2, 0.25) is 0 Å². The molecule has 5 aromatic carbocycles. The van der Waals surface area contributed by atoms with Crippen molar-refractivity contribution in [1.82, 2.24) is 31.5 Å². The molecule has 248 valence electrons. The minimum atomic E-state index is -0.866. The first-order valence-electron chi connectivity index (χ1n) is 16.9. The summed E-state index contributed by atoms with van der Waals surface area (Å²) in [5.41, 5.74) is 20.0. The third-order valence-corrected chi connectivity index (χ3v) is 9.50. The average molecular weight is 669 g/mol. The van der Waals surface area contributed by atoms with Gasteiger partial charge in [-0.25, -0.2) is 15.8 Å². The highest BCUT2D eigenvalue weighted by molar-refractivity contribution is 6.30. The molecule has 0 atom stereocenters. The molecule has 0 aliphatic carbocycles. The second-order valence-corrected chi connectivity index (χ2v) is 12.6. The molecule has 0 bridgehead atoms. The Bertz CT molecular complexity index is 1850. The molecule has 8 heteroatoms. The molecule has 0 amide bonds. The normalized spacial score (nSPS) is 13.6. The lowest BCUT2D eigenvalue weighted by molar-refractivity contribution is -0.00264. The van der Waals surface area contributed by atoms with E-state index >= 15 is 0 Å². The third-order valence-electron chi connectivity index (χ3n) is 9.20. The Morgan fingerprint density at radius 2 is 1.27 bits per heavy atom. The van der Waals surface area contributed by atoms with Gasteiger partial charge in [-0.2, -0.15) is 11.1 Å². The first-order valence-corrected chi connectivity index (χ1v) is 17.3. The third kappa shape index (κ3) is 6.96. The largest absolute Gasteiger partial charge is 0.355 e. The molecule has 1 aliphatic heterocycles. The van der Waals surface area contributed by atoms with Crippen LogP contribution in [-0.4, -0.2) is 9.55 Å². The molecule has 6 aromatic rings. The van der Waals surface area contributed by atoms with Gasteiger partial charge in [-0.05, 0) is 45.4 Å². The van der Waals surface area contributed by atoms with Gasteiger partial charge in [0.15, 0.2) is 5.15 Å². The summed E-state index contributed by atoms with van der Waals surface area (Å²) in [6.45, 7) is 3.10. The lowest BCUT2D eigenvalue weighted by Crippen LogP contribution is -2.33. The van der Waals surface area contributed by atoms with Crippen LogP contribution in [-0.2, 0) is 29.9 Å². The second kappa shape index (κ2) is 15.3. The molecule has 0 spiro atoms. The van der Waals surface area contributed by atoms with Crippen molar-refractivity contribution >= 4 is 11.6 Å². The SMILES string of the molecule is CCCCc1nc(Cl)c(COC(c2ccccc2)(c2ccccc2)c2ccccc2)n1Cc1ccc(-c2ccccc2C2NNNN2)cc1. The topological polar surface area (TPSA) is 75.2 Å². The molecule has 4 N–H and O–H groups in total. The zero-order valence-electron chi connectivity index (χ0n) is 27.6. The number of unbranched alkanes of at least 4 members (excludes halogenated alkanes) is 1. The summed E-state index contributed by atoms with van der Waals surface area (Å²) < 4.78 is 9.48. The van der Waals surface area contributed by atoms with E-state index in [2.05, 4.69) is 155 Å². The van der Waals surface area contributed by atoms with E-state index in [-0.39, 0.29) is 12.8 Å². The molecule has 1 saturated heterocycles. The van der Waals surface area contributed by atoms with Crippen molar-refractivity contribution in [3.63, 3.8) is 0 Å². The number of imidazole rings is 1. The van der Waals surface area contributed by atoms with E-state index in [4.69, 9.17) is 21.3 Å². The number of hydrogen-bond donors (Lipinski definition) is 4. The average Bonchev–Trinajstić information content (AvgIpc) is 3.81. The fourth-order valence-corrected chi connectivity index (χ4v) is 6.95. The van der Waals surface area contributed by atoms with Crippen molar-refractivity contribution in [3.8, 4) is 11.1 Å². The van der Waals surface area contributed by atoms with Crippen molar-refractivity contribution in [1.29, 1.82) is 0 Å². The van der Waals surface area contributed by atoms with Crippen LogP contribution in [0.2, 0.25) is 5.15 Å². The monoisotopic (exact) mass is 668 g/mol. The van der Waals surface area contributed by atoms with Crippen LogP contribution in [0.1, 0.15) is 65.3 Å². The Hall–Kier alpha value is -4.60. The van der Waals surface area contributed by atoms with Crippen LogP contribution in [0.3, 0.4) is 0 Å². The fourth-order valence-electron chi connectivity index (χ4n) is 6.69. The number of nitrogens with zero attached hydrogens (tertiary/aromatic N) is 2. The molecule has 0 radical (unpaired) electrons. The summed E-state index contributed by atoms with van der Waals surface area (Å²) in [5, 5.41) is 0.485. The highest BCUT2D eigenvalue weighted by atomic mass is 35.5. The summed E-state index contributed by atoms with van der Waals surface area (Å²) in [6, 6.07) is 48.5. The predicted octanol–water partition coefficient (Wildman–Crippen LogP) is 8.22. The van der Waals surface area contributed by atoms with Crippen LogP contribution in [0, 0.1) is 0 Å². The summed E-state index contributed by atoms with van der Waals surface area (Å²) in [7, 11) is 0. The highest BCUT2D eigenvalue weighted by Crippen LogP contribution is 2.41. The number of aromatic nitrogens is 2. The smallest absolute Gasteiger partial charge is 0.153 e. The minimum Gasteiger partial charge on any atom is -0.355 e. The van der Waals surface area contributed by atoms with Crippen LogP contribution in [0.4, 0.5) is 0 Å². The number of halogens is 1. The number of aryl methyl sites for hydroxylation is 1. The van der Waals surface area contributed by atoms with Crippen LogP contribution in [0.5, 0.6) is 0 Å². The van der Waals surface area contributed by atoms with E-state index in [0.717, 1.165) is 69.7 Å². The molecule has 7 rings (SSSR count). The maximum Gasteiger partial charge on any atom is 0.153 e. The highest BCUT2D eigenvalue weighted by Gasteiger charge is 2.38. The van der Waals surface area contributed by atoms with Gasteiger partial charge in [0, 0.05) is 13.0 Å². The summed E-state index contributed by atoms with van der Waals surface area (Å²) >= 11 is 7.01. The zero-order valence-corrected chi connectivity index (χ0v) is 28.3. The molecule has 7 nitrogen and oxygen atoms in total. The molecule has 1 aliphatic rings. The van der Waals surface area contributed by atoms with Crippen LogP contribution < -0.4 is 21.9 Å². The molecule has 49 heavy (non-hydrogen) atoms. The van der Waals surface area contributed by atoms with Gasteiger partial charge in [0.25, 0.3) is 0 Å². The summed E-state index contributed by atoms with van der Waals surface area (Å²) in [5.74, 6) is 0.975. The molecule has 0 saturated carbocycles. The van der Waals surface area contributed by atoms with Gasteiger partial charge in [0.1, 0.15) is 17.6 Å². The molecular weight excluding hydrogens is 628 g/mol. The van der Waals surface area contributed by atoms with E-state index in [9.17, 15) is 0 Å². The van der Waals surface area contributed by atoms with E-state index in [1.807, 2.05) is 18.2 Å².